The highest BCUT2D eigenvalue weighted by Gasteiger charge is 2.31. The predicted molar refractivity (Wildman–Crippen MR) is 77.6 cm³/mol. The molecular weight excluding hydrogens is 305 g/mol. The third-order valence-corrected chi connectivity index (χ3v) is 3.72. The topological polar surface area (TPSA) is 38.5 Å². The fraction of sp³-hybridized carbons (Fsp3) is 0.571. The normalized spacial score (nSPS) is 18.9. The molecule has 2 N–H and O–H groups in total. The molecule has 0 saturated carbocycles. The molecule has 21 heavy (non-hydrogen) atoms. The Labute approximate surface area is 128 Å². The Kier molecular flexibility index (Phi) is 6.31. The fourth-order valence-corrected chi connectivity index (χ4v) is 2.47. The average Bonchev–Trinajstić information content (AvgIpc) is 2.38. The Bertz CT molecular complexity index is 431. The van der Waals surface area contributed by atoms with Crippen molar-refractivity contribution in [3.8, 4) is 5.75 Å². The lowest BCUT2D eigenvalue weighted by atomic mass is 10.0. The van der Waals surface area contributed by atoms with E-state index in [0.29, 0.717) is 0 Å². The summed E-state index contributed by atoms with van der Waals surface area (Å²) in [5.41, 5.74) is 6.85. The van der Waals surface area contributed by atoms with E-state index in [0.717, 1.165) is 31.5 Å². The third-order valence-electron chi connectivity index (χ3n) is 3.72. The smallest absolute Gasteiger partial charge is 0.406 e. The summed E-state index contributed by atoms with van der Waals surface area (Å²) in [7, 11) is 0. The molecule has 1 heterocycles. The summed E-state index contributed by atoms with van der Waals surface area (Å²) in [4.78, 5) is 2.29. The van der Waals surface area contributed by atoms with Crippen LogP contribution >= 0.6 is 12.4 Å². The van der Waals surface area contributed by atoms with Gasteiger partial charge in [-0.1, -0.05) is 12.1 Å². The van der Waals surface area contributed by atoms with E-state index >= 15 is 0 Å². The van der Waals surface area contributed by atoms with Crippen molar-refractivity contribution in [1.29, 1.82) is 0 Å². The van der Waals surface area contributed by atoms with Gasteiger partial charge in [0.15, 0.2) is 0 Å². The molecule has 0 aliphatic carbocycles. The maximum atomic E-state index is 12.1. The Balaban J connectivity index is 0.00000220. The predicted octanol–water partition coefficient (Wildman–Crippen LogP) is 3.49. The molecule has 0 spiro atoms. The molecule has 0 bridgehead atoms. The molecule has 0 amide bonds. The quantitative estimate of drug-likeness (QED) is 0.925. The second-order valence-electron chi connectivity index (χ2n) is 5.17. The lowest BCUT2D eigenvalue weighted by molar-refractivity contribution is -0.274. The lowest BCUT2D eigenvalue weighted by Gasteiger charge is -2.35. The molecule has 0 aromatic heterocycles. The van der Waals surface area contributed by atoms with Crippen molar-refractivity contribution in [2.24, 2.45) is 5.73 Å². The molecule has 1 aromatic carbocycles. The van der Waals surface area contributed by atoms with E-state index in [9.17, 15) is 13.2 Å². The van der Waals surface area contributed by atoms with Crippen LogP contribution in [0.1, 0.15) is 31.4 Å². The summed E-state index contributed by atoms with van der Waals surface area (Å²) < 4.78 is 40.1. The zero-order valence-corrected chi connectivity index (χ0v) is 12.6. The molecule has 120 valence electrons. The highest BCUT2D eigenvalue weighted by Crippen LogP contribution is 2.27. The minimum Gasteiger partial charge on any atom is -0.406 e. The third kappa shape index (κ3) is 5.37. The first kappa shape index (κ1) is 18.1. The van der Waals surface area contributed by atoms with Gasteiger partial charge in [-0.3, -0.25) is 4.90 Å². The first-order valence-corrected chi connectivity index (χ1v) is 6.70. The molecule has 2 rings (SSSR count). The molecule has 1 aliphatic heterocycles. The fourth-order valence-electron chi connectivity index (χ4n) is 2.47. The van der Waals surface area contributed by atoms with Crippen LogP contribution in [0.4, 0.5) is 13.2 Å². The van der Waals surface area contributed by atoms with E-state index < -0.39 is 6.36 Å². The minimum atomic E-state index is -4.64. The van der Waals surface area contributed by atoms with Crippen LogP contribution in [0.15, 0.2) is 24.3 Å². The van der Waals surface area contributed by atoms with Gasteiger partial charge in [-0.15, -0.1) is 25.6 Å². The van der Waals surface area contributed by atoms with Gasteiger partial charge in [0, 0.05) is 25.2 Å². The molecule has 1 unspecified atom stereocenters. The van der Waals surface area contributed by atoms with E-state index in [1.807, 2.05) is 0 Å². The highest BCUT2D eigenvalue weighted by atomic mass is 35.5. The Morgan fingerprint density at radius 1 is 1.19 bits per heavy atom. The standard InChI is InChI=1S/C14H19F3N2O.ClH/c1-10(19-8-6-12(18)7-9-19)11-2-4-13(5-3-11)20-14(15,16)17;/h2-5,10,12H,6-9,18H2,1H3;1H. The molecule has 1 saturated heterocycles. The van der Waals surface area contributed by atoms with Gasteiger partial charge in [-0.05, 0) is 37.5 Å². The Morgan fingerprint density at radius 2 is 1.71 bits per heavy atom. The van der Waals surface area contributed by atoms with Crippen molar-refractivity contribution in [2.75, 3.05) is 13.1 Å². The van der Waals surface area contributed by atoms with Gasteiger partial charge >= 0.3 is 6.36 Å². The van der Waals surface area contributed by atoms with E-state index in [4.69, 9.17) is 5.73 Å². The number of piperidine rings is 1. The van der Waals surface area contributed by atoms with Gasteiger partial charge in [0.1, 0.15) is 5.75 Å². The van der Waals surface area contributed by atoms with Crippen LogP contribution in [-0.2, 0) is 0 Å². The van der Waals surface area contributed by atoms with Crippen molar-refractivity contribution in [3.05, 3.63) is 29.8 Å². The molecule has 3 nitrogen and oxygen atoms in total. The number of alkyl halides is 3. The van der Waals surface area contributed by atoms with Crippen LogP contribution < -0.4 is 10.5 Å². The summed E-state index contributed by atoms with van der Waals surface area (Å²) in [6.45, 7) is 3.89. The first-order chi connectivity index (χ1) is 9.35. The molecule has 1 fully saturated rings. The van der Waals surface area contributed by atoms with Crippen molar-refractivity contribution < 1.29 is 17.9 Å². The number of nitrogens with zero attached hydrogens (tertiary/aromatic N) is 1. The number of ether oxygens (including phenoxy) is 1. The first-order valence-electron chi connectivity index (χ1n) is 6.70. The van der Waals surface area contributed by atoms with Crippen molar-refractivity contribution in [2.45, 2.75) is 38.2 Å². The maximum Gasteiger partial charge on any atom is 0.573 e. The molecule has 1 aliphatic rings. The van der Waals surface area contributed by atoms with Crippen LogP contribution in [0, 0.1) is 0 Å². The van der Waals surface area contributed by atoms with E-state index in [1.54, 1.807) is 12.1 Å². The number of halogens is 4. The summed E-state index contributed by atoms with van der Waals surface area (Å²) in [5.74, 6) is -0.186. The van der Waals surface area contributed by atoms with Crippen LogP contribution in [0.3, 0.4) is 0 Å². The van der Waals surface area contributed by atoms with Crippen molar-refractivity contribution in [1.82, 2.24) is 4.90 Å². The average molecular weight is 325 g/mol. The van der Waals surface area contributed by atoms with Crippen molar-refractivity contribution >= 4 is 12.4 Å². The van der Waals surface area contributed by atoms with E-state index in [2.05, 4.69) is 16.6 Å². The van der Waals surface area contributed by atoms with Crippen molar-refractivity contribution in [3.63, 3.8) is 0 Å². The van der Waals surface area contributed by atoms with Gasteiger partial charge in [-0.2, -0.15) is 0 Å². The highest BCUT2D eigenvalue weighted by molar-refractivity contribution is 5.85. The molecule has 1 aromatic rings. The van der Waals surface area contributed by atoms with Crippen LogP contribution in [0.2, 0.25) is 0 Å². The van der Waals surface area contributed by atoms with Gasteiger partial charge in [-0.25, -0.2) is 0 Å². The monoisotopic (exact) mass is 324 g/mol. The molecule has 7 heteroatoms. The van der Waals surface area contributed by atoms with Gasteiger partial charge in [0.2, 0.25) is 0 Å². The lowest BCUT2D eigenvalue weighted by Crippen LogP contribution is -2.40. The number of benzene rings is 1. The molecule has 1 atom stereocenters. The van der Waals surface area contributed by atoms with E-state index in [1.165, 1.54) is 12.1 Å². The summed E-state index contributed by atoms with van der Waals surface area (Å²) in [6, 6.07) is 6.51. The van der Waals surface area contributed by atoms with Gasteiger partial charge in [0.05, 0.1) is 0 Å². The summed E-state index contributed by atoms with van der Waals surface area (Å²) in [5, 5.41) is 0. The second kappa shape index (κ2) is 7.33. The maximum absolute atomic E-state index is 12.1. The van der Waals surface area contributed by atoms with Crippen LogP contribution in [0.25, 0.3) is 0 Å². The summed E-state index contributed by atoms with van der Waals surface area (Å²) in [6.07, 6.45) is -2.73. The van der Waals surface area contributed by atoms with Gasteiger partial charge < -0.3 is 10.5 Å². The zero-order valence-electron chi connectivity index (χ0n) is 11.8. The number of rotatable bonds is 3. The number of nitrogens with two attached hydrogens (primary N) is 1. The Morgan fingerprint density at radius 3 is 2.19 bits per heavy atom. The largest absolute Gasteiger partial charge is 0.573 e. The SMILES string of the molecule is CC(c1ccc(OC(F)(F)F)cc1)N1CCC(N)CC1.Cl. The molecular formula is C14H20ClF3N2O. The van der Waals surface area contributed by atoms with Crippen LogP contribution in [-0.4, -0.2) is 30.4 Å². The minimum absolute atomic E-state index is 0. The van der Waals surface area contributed by atoms with Gasteiger partial charge in [0.25, 0.3) is 0 Å². The van der Waals surface area contributed by atoms with E-state index in [-0.39, 0.29) is 30.2 Å². The number of hydrogen-bond acceptors (Lipinski definition) is 3. The Hall–Kier alpha value is -0.980. The molecule has 0 radical (unpaired) electrons. The van der Waals surface area contributed by atoms with Crippen LogP contribution in [0.5, 0.6) is 5.75 Å². The second-order valence-corrected chi connectivity index (χ2v) is 5.17. The number of likely N-dealkylation sites (tertiary alicyclic amines) is 1. The number of hydrogen-bond donors (Lipinski definition) is 1. The summed E-state index contributed by atoms with van der Waals surface area (Å²) >= 11 is 0. The zero-order chi connectivity index (χ0) is 14.8.